The van der Waals surface area contributed by atoms with Crippen molar-refractivity contribution in [3.63, 3.8) is 0 Å². The standard InChI is InChI=1S/C55H50F6N2Si2/c1-53(2)50-34-42(63(38-19-15-36(16-20-38)55(59,60)61)40-23-29-44(30-24-40)65(6,7)8)26-32-48(50)51-46-12-10-9-11-45(46)49-33-41(25-31-47(49)52(51)53)62(37-17-13-35(14-18-37)54(56,57)58)39-21-27-43(28-22-39)64(3,4)5/h9-34H,1-8H3. The summed E-state index contributed by atoms with van der Waals surface area (Å²) in [5.41, 5.74) is 7.09. The zero-order valence-corrected chi connectivity index (χ0v) is 39.7. The van der Waals surface area contributed by atoms with Gasteiger partial charge in [-0.05, 0) is 141 Å². The maximum absolute atomic E-state index is 13.8. The van der Waals surface area contributed by atoms with Gasteiger partial charge in [0, 0.05) is 39.5 Å². The van der Waals surface area contributed by atoms with E-state index in [4.69, 9.17) is 0 Å². The maximum atomic E-state index is 13.8. The molecule has 0 fully saturated rings. The van der Waals surface area contributed by atoms with Crippen LogP contribution in [0.1, 0.15) is 36.1 Å². The van der Waals surface area contributed by atoms with Crippen LogP contribution >= 0.6 is 0 Å². The van der Waals surface area contributed by atoms with Crippen LogP contribution in [0, 0.1) is 0 Å². The third-order valence-corrected chi connectivity index (χ3v) is 17.1. The molecule has 65 heavy (non-hydrogen) atoms. The number of halogens is 6. The number of benzene rings is 8. The third-order valence-electron chi connectivity index (χ3n) is 13.0. The van der Waals surface area contributed by atoms with Gasteiger partial charge in [-0.2, -0.15) is 26.3 Å². The summed E-state index contributed by atoms with van der Waals surface area (Å²) >= 11 is 0. The monoisotopic (exact) mass is 908 g/mol. The Morgan fingerprint density at radius 2 is 0.785 bits per heavy atom. The number of rotatable bonds is 8. The van der Waals surface area contributed by atoms with E-state index < -0.39 is 45.0 Å². The van der Waals surface area contributed by atoms with Crippen molar-refractivity contribution in [2.45, 2.75) is 70.9 Å². The average molecular weight is 909 g/mol. The Balaban J connectivity index is 1.21. The molecule has 10 heteroatoms. The van der Waals surface area contributed by atoms with Crippen LogP contribution in [-0.4, -0.2) is 16.1 Å². The molecule has 9 rings (SSSR count). The van der Waals surface area contributed by atoms with E-state index in [1.54, 1.807) is 0 Å². The van der Waals surface area contributed by atoms with Gasteiger partial charge in [-0.3, -0.25) is 0 Å². The number of anilines is 6. The second-order valence-corrected chi connectivity index (χ2v) is 29.9. The number of hydrogen-bond acceptors (Lipinski definition) is 2. The van der Waals surface area contributed by atoms with E-state index in [1.807, 2.05) is 21.9 Å². The highest BCUT2D eigenvalue weighted by Crippen LogP contribution is 2.56. The van der Waals surface area contributed by atoms with Gasteiger partial charge in [0.2, 0.25) is 0 Å². The van der Waals surface area contributed by atoms with E-state index in [1.165, 1.54) is 34.6 Å². The van der Waals surface area contributed by atoms with Gasteiger partial charge in [0.25, 0.3) is 0 Å². The van der Waals surface area contributed by atoms with E-state index in [0.29, 0.717) is 11.4 Å². The van der Waals surface area contributed by atoms with Gasteiger partial charge >= 0.3 is 12.4 Å². The summed E-state index contributed by atoms with van der Waals surface area (Å²) in [6, 6.07) is 48.6. The van der Waals surface area contributed by atoms with Gasteiger partial charge in [-0.25, -0.2) is 0 Å². The van der Waals surface area contributed by atoms with E-state index in [0.717, 1.165) is 90.8 Å². The summed E-state index contributed by atoms with van der Waals surface area (Å²) in [5, 5.41) is 6.76. The third kappa shape index (κ3) is 7.94. The van der Waals surface area contributed by atoms with Crippen LogP contribution in [0.15, 0.2) is 158 Å². The van der Waals surface area contributed by atoms with Crippen LogP contribution in [0.5, 0.6) is 0 Å². The van der Waals surface area contributed by atoms with Gasteiger partial charge in [-0.1, -0.05) is 124 Å². The lowest BCUT2D eigenvalue weighted by atomic mass is 9.79. The number of nitrogens with zero attached hydrogens (tertiary/aromatic N) is 2. The van der Waals surface area contributed by atoms with Crippen LogP contribution in [0.25, 0.3) is 32.7 Å². The molecule has 0 saturated heterocycles. The number of alkyl halides is 6. The molecule has 0 saturated carbocycles. The summed E-state index contributed by atoms with van der Waals surface area (Å²) in [5.74, 6) is 0. The van der Waals surface area contributed by atoms with Crippen molar-refractivity contribution in [1.29, 1.82) is 0 Å². The molecule has 0 N–H and O–H groups in total. The van der Waals surface area contributed by atoms with Crippen molar-refractivity contribution in [2.24, 2.45) is 0 Å². The Kier molecular flexibility index (Phi) is 10.5. The molecule has 0 heterocycles. The second kappa shape index (κ2) is 15.5. The number of fused-ring (bicyclic) bond motifs is 8. The van der Waals surface area contributed by atoms with Crippen molar-refractivity contribution < 1.29 is 26.3 Å². The van der Waals surface area contributed by atoms with Crippen LogP contribution in [-0.2, 0) is 17.8 Å². The lowest BCUT2D eigenvalue weighted by Gasteiger charge is -2.29. The molecule has 1 aliphatic rings. The van der Waals surface area contributed by atoms with Crippen molar-refractivity contribution >= 4 is 82.2 Å². The molecule has 0 radical (unpaired) electrons. The molecule has 0 bridgehead atoms. The molecule has 330 valence electrons. The van der Waals surface area contributed by atoms with E-state index >= 15 is 0 Å². The van der Waals surface area contributed by atoms with Crippen LogP contribution < -0.4 is 20.2 Å². The molecule has 1 aliphatic carbocycles. The highest BCUT2D eigenvalue weighted by atomic mass is 28.3. The van der Waals surface area contributed by atoms with E-state index in [-0.39, 0.29) is 0 Å². The molecule has 0 amide bonds. The Labute approximate surface area is 378 Å². The molecule has 0 spiro atoms. The minimum atomic E-state index is -4.46. The summed E-state index contributed by atoms with van der Waals surface area (Å²) in [6.45, 7) is 18.2. The Hall–Kier alpha value is -6.11. The predicted octanol–water partition coefficient (Wildman–Crippen LogP) is 16.4. The first-order valence-corrected chi connectivity index (χ1v) is 28.8. The molecular weight excluding hydrogens is 859 g/mol. The van der Waals surface area contributed by atoms with E-state index in [2.05, 4.69) is 150 Å². The second-order valence-electron chi connectivity index (χ2n) is 19.7. The first kappa shape index (κ1) is 44.1. The minimum absolute atomic E-state index is 0.516. The average Bonchev–Trinajstić information content (AvgIpc) is 3.49. The smallest absolute Gasteiger partial charge is 0.310 e. The van der Waals surface area contributed by atoms with Gasteiger partial charge in [0.15, 0.2) is 0 Å². The topological polar surface area (TPSA) is 6.48 Å². The highest BCUT2D eigenvalue weighted by molar-refractivity contribution is 6.89. The zero-order valence-electron chi connectivity index (χ0n) is 37.7. The summed E-state index contributed by atoms with van der Waals surface area (Å²) in [7, 11) is -3.28. The van der Waals surface area contributed by atoms with E-state index in [9.17, 15) is 26.3 Å². The minimum Gasteiger partial charge on any atom is -0.310 e. The van der Waals surface area contributed by atoms with Crippen LogP contribution in [0.3, 0.4) is 0 Å². The Morgan fingerprint density at radius 3 is 1.22 bits per heavy atom. The fourth-order valence-electron chi connectivity index (χ4n) is 9.50. The molecular formula is C55H50F6N2Si2. The van der Waals surface area contributed by atoms with Gasteiger partial charge < -0.3 is 9.80 Å². The lowest BCUT2D eigenvalue weighted by molar-refractivity contribution is -0.138. The fourth-order valence-corrected chi connectivity index (χ4v) is 11.8. The molecule has 0 aromatic heterocycles. The molecule has 8 aromatic rings. The summed E-state index contributed by atoms with van der Waals surface area (Å²) in [6.07, 6.45) is -8.92. The maximum Gasteiger partial charge on any atom is 0.416 e. The molecule has 0 aliphatic heterocycles. The van der Waals surface area contributed by atoms with Crippen molar-refractivity contribution in [1.82, 2.24) is 0 Å². The SMILES string of the molecule is CC1(C)c2cc(N(c3ccc(C(F)(F)F)cc3)c3ccc([Si](C)(C)C)cc3)ccc2-c2c1c1ccc(N(c3ccc(C(F)(F)F)cc3)c3ccc([Si](C)(C)C)cc3)cc1c1ccccc21. The van der Waals surface area contributed by atoms with Gasteiger partial charge in [-0.15, -0.1) is 0 Å². The number of hydrogen-bond donors (Lipinski definition) is 0. The predicted molar refractivity (Wildman–Crippen MR) is 264 cm³/mol. The highest BCUT2D eigenvalue weighted by Gasteiger charge is 2.40. The van der Waals surface area contributed by atoms with Gasteiger partial charge in [0.05, 0.1) is 27.3 Å². The fraction of sp³-hybridized carbons (Fsp3) is 0.200. The Morgan fingerprint density at radius 1 is 0.400 bits per heavy atom. The largest absolute Gasteiger partial charge is 0.416 e. The van der Waals surface area contributed by atoms with Crippen LogP contribution in [0.2, 0.25) is 39.3 Å². The molecule has 8 aromatic carbocycles. The van der Waals surface area contributed by atoms with Crippen molar-refractivity contribution in [2.75, 3.05) is 9.80 Å². The normalized spacial score (nSPS) is 13.8. The zero-order chi connectivity index (χ0) is 46.4. The van der Waals surface area contributed by atoms with Crippen molar-refractivity contribution in [3.8, 4) is 11.1 Å². The van der Waals surface area contributed by atoms with Gasteiger partial charge in [0.1, 0.15) is 0 Å². The summed E-state index contributed by atoms with van der Waals surface area (Å²) in [4.78, 5) is 4.05. The first-order chi connectivity index (χ1) is 30.5. The summed E-state index contributed by atoms with van der Waals surface area (Å²) < 4.78 is 82.7. The molecule has 2 nitrogen and oxygen atoms in total. The quantitative estimate of drug-likeness (QED) is 0.0851. The Bertz CT molecular complexity index is 2970. The van der Waals surface area contributed by atoms with Crippen molar-refractivity contribution in [3.05, 3.63) is 180 Å². The van der Waals surface area contributed by atoms with Crippen LogP contribution in [0.4, 0.5) is 60.5 Å². The molecule has 0 unspecified atom stereocenters. The molecule has 0 atom stereocenters. The first-order valence-electron chi connectivity index (χ1n) is 21.8. The lowest BCUT2D eigenvalue weighted by Crippen LogP contribution is -2.37.